The number of rotatable bonds is 6. The Hall–Kier alpha value is -1.77. The molecule has 0 heterocycles. The summed E-state index contributed by atoms with van der Waals surface area (Å²) in [7, 11) is 2.00. The first kappa shape index (κ1) is 13.3. The Morgan fingerprint density at radius 3 is 2.59 bits per heavy atom. The number of nitrogens with zero attached hydrogens (tertiary/aromatic N) is 1. The van der Waals surface area contributed by atoms with Crippen molar-refractivity contribution in [2.24, 2.45) is 0 Å². The SMILES string of the molecule is C=CCN(C)c1ccc(CC(=O)OCC)cc1. The molecule has 3 nitrogen and oxygen atoms in total. The largest absolute Gasteiger partial charge is 0.466 e. The first-order valence-electron chi connectivity index (χ1n) is 5.74. The van der Waals surface area contributed by atoms with Crippen molar-refractivity contribution in [1.82, 2.24) is 0 Å². The second kappa shape index (κ2) is 6.74. The zero-order chi connectivity index (χ0) is 12.7. The van der Waals surface area contributed by atoms with Crippen LogP contribution < -0.4 is 4.90 Å². The maximum atomic E-state index is 11.3. The summed E-state index contributed by atoms with van der Waals surface area (Å²) < 4.78 is 4.90. The molecule has 1 aromatic rings. The monoisotopic (exact) mass is 233 g/mol. The fourth-order valence-electron chi connectivity index (χ4n) is 1.55. The minimum absolute atomic E-state index is 0.181. The number of carbonyl (C=O) groups is 1. The highest BCUT2D eigenvalue weighted by Gasteiger charge is 2.04. The van der Waals surface area contributed by atoms with Crippen molar-refractivity contribution >= 4 is 11.7 Å². The summed E-state index contributed by atoms with van der Waals surface area (Å²) in [6.07, 6.45) is 2.19. The lowest BCUT2D eigenvalue weighted by Crippen LogP contribution is -2.16. The summed E-state index contributed by atoms with van der Waals surface area (Å²) in [6, 6.07) is 7.90. The van der Waals surface area contributed by atoms with Gasteiger partial charge in [-0.3, -0.25) is 4.79 Å². The normalized spacial score (nSPS) is 9.76. The van der Waals surface area contributed by atoms with E-state index in [4.69, 9.17) is 4.74 Å². The first-order chi connectivity index (χ1) is 8.17. The molecule has 1 aromatic carbocycles. The lowest BCUT2D eigenvalue weighted by Gasteiger charge is -2.17. The average Bonchev–Trinajstić information content (AvgIpc) is 2.30. The molecule has 0 N–H and O–H groups in total. The van der Waals surface area contributed by atoms with Gasteiger partial charge in [-0.2, -0.15) is 0 Å². The van der Waals surface area contributed by atoms with Crippen LogP contribution in [-0.4, -0.2) is 26.2 Å². The average molecular weight is 233 g/mol. The van der Waals surface area contributed by atoms with Crippen LogP contribution in [0.25, 0.3) is 0 Å². The molecular weight excluding hydrogens is 214 g/mol. The highest BCUT2D eigenvalue weighted by atomic mass is 16.5. The van der Waals surface area contributed by atoms with Gasteiger partial charge in [0.05, 0.1) is 13.0 Å². The van der Waals surface area contributed by atoms with Crippen LogP contribution in [0.15, 0.2) is 36.9 Å². The predicted molar refractivity (Wildman–Crippen MR) is 70.2 cm³/mol. The number of hydrogen-bond donors (Lipinski definition) is 0. The molecule has 0 radical (unpaired) electrons. The van der Waals surface area contributed by atoms with Crippen LogP contribution in [0, 0.1) is 0 Å². The predicted octanol–water partition coefficient (Wildman–Crippen LogP) is 2.41. The van der Waals surface area contributed by atoms with Crippen LogP contribution in [0.5, 0.6) is 0 Å². The molecule has 0 aliphatic heterocycles. The van der Waals surface area contributed by atoms with Crippen LogP contribution in [0.3, 0.4) is 0 Å². The van der Waals surface area contributed by atoms with E-state index < -0.39 is 0 Å². The third-order valence-electron chi connectivity index (χ3n) is 2.43. The van der Waals surface area contributed by atoms with Crippen molar-refractivity contribution in [2.75, 3.05) is 25.1 Å². The molecule has 0 saturated heterocycles. The maximum absolute atomic E-state index is 11.3. The molecule has 92 valence electrons. The van der Waals surface area contributed by atoms with Crippen molar-refractivity contribution in [3.05, 3.63) is 42.5 Å². The smallest absolute Gasteiger partial charge is 0.310 e. The van der Waals surface area contributed by atoms with Crippen molar-refractivity contribution < 1.29 is 9.53 Å². The van der Waals surface area contributed by atoms with Gasteiger partial charge >= 0.3 is 5.97 Å². The molecule has 0 spiro atoms. The van der Waals surface area contributed by atoms with Crippen LogP contribution in [0.1, 0.15) is 12.5 Å². The van der Waals surface area contributed by atoms with Gasteiger partial charge in [-0.15, -0.1) is 6.58 Å². The lowest BCUT2D eigenvalue weighted by molar-refractivity contribution is -0.142. The van der Waals surface area contributed by atoms with Crippen molar-refractivity contribution in [2.45, 2.75) is 13.3 Å². The van der Waals surface area contributed by atoms with Crippen LogP contribution in [0.4, 0.5) is 5.69 Å². The minimum atomic E-state index is -0.181. The third kappa shape index (κ3) is 4.31. The minimum Gasteiger partial charge on any atom is -0.466 e. The zero-order valence-electron chi connectivity index (χ0n) is 10.5. The second-order valence-electron chi connectivity index (χ2n) is 3.82. The molecule has 0 saturated carbocycles. The summed E-state index contributed by atoms with van der Waals surface area (Å²) in [5.74, 6) is -0.181. The van der Waals surface area contributed by atoms with Gasteiger partial charge < -0.3 is 9.64 Å². The van der Waals surface area contributed by atoms with Gasteiger partial charge in [0.15, 0.2) is 0 Å². The fraction of sp³-hybridized carbons (Fsp3) is 0.357. The fourth-order valence-corrected chi connectivity index (χ4v) is 1.55. The Kier molecular flexibility index (Phi) is 5.27. The molecular formula is C14H19NO2. The van der Waals surface area contributed by atoms with E-state index in [1.807, 2.05) is 44.3 Å². The van der Waals surface area contributed by atoms with E-state index in [1.165, 1.54) is 0 Å². The summed E-state index contributed by atoms with van der Waals surface area (Å²) in [4.78, 5) is 13.4. The van der Waals surface area contributed by atoms with E-state index in [-0.39, 0.29) is 5.97 Å². The molecule has 0 aliphatic rings. The maximum Gasteiger partial charge on any atom is 0.310 e. The van der Waals surface area contributed by atoms with Crippen LogP contribution in [-0.2, 0) is 16.0 Å². The number of esters is 1. The van der Waals surface area contributed by atoms with Gasteiger partial charge in [0.2, 0.25) is 0 Å². The van der Waals surface area contributed by atoms with E-state index in [2.05, 4.69) is 11.5 Å². The molecule has 0 atom stereocenters. The van der Waals surface area contributed by atoms with Crippen molar-refractivity contribution in [3.8, 4) is 0 Å². The van der Waals surface area contributed by atoms with E-state index in [0.29, 0.717) is 13.0 Å². The molecule has 0 fully saturated rings. The Bertz CT molecular complexity index is 370. The van der Waals surface area contributed by atoms with Crippen molar-refractivity contribution in [3.63, 3.8) is 0 Å². The second-order valence-corrected chi connectivity index (χ2v) is 3.82. The summed E-state index contributed by atoms with van der Waals surface area (Å²) in [5, 5.41) is 0. The quantitative estimate of drug-likeness (QED) is 0.558. The number of likely N-dealkylation sites (N-methyl/N-ethyl adjacent to an activating group) is 1. The zero-order valence-corrected chi connectivity index (χ0v) is 10.5. The van der Waals surface area contributed by atoms with Gasteiger partial charge in [0.25, 0.3) is 0 Å². The lowest BCUT2D eigenvalue weighted by atomic mass is 10.1. The Labute approximate surface area is 103 Å². The van der Waals surface area contributed by atoms with Gasteiger partial charge in [-0.05, 0) is 24.6 Å². The molecule has 1 rings (SSSR count). The van der Waals surface area contributed by atoms with Gasteiger partial charge in [-0.25, -0.2) is 0 Å². The summed E-state index contributed by atoms with van der Waals surface area (Å²) in [6.45, 7) is 6.74. The van der Waals surface area contributed by atoms with E-state index in [1.54, 1.807) is 0 Å². The van der Waals surface area contributed by atoms with E-state index in [0.717, 1.165) is 17.8 Å². The highest BCUT2D eigenvalue weighted by Crippen LogP contribution is 2.14. The van der Waals surface area contributed by atoms with Crippen molar-refractivity contribution in [1.29, 1.82) is 0 Å². The first-order valence-corrected chi connectivity index (χ1v) is 5.74. The van der Waals surface area contributed by atoms with E-state index >= 15 is 0 Å². The topological polar surface area (TPSA) is 29.5 Å². The third-order valence-corrected chi connectivity index (χ3v) is 2.43. The Morgan fingerprint density at radius 2 is 2.06 bits per heavy atom. The van der Waals surface area contributed by atoms with Gasteiger partial charge in [-0.1, -0.05) is 18.2 Å². The Balaban J connectivity index is 2.61. The molecule has 3 heteroatoms. The number of ether oxygens (including phenoxy) is 1. The number of hydrogen-bond acceptors (Lipinski definition) is 3. The highest BCUT2D eigenvalue weighted by molar-refractivity contribution is 5.72. The summed E-state index contributed by atoms with van der Waals surface area (Å²) in [5.41, 5.74) is 2.08. The molecule has 0 amide bonds. The number of benzene rings is 1. The molecule has 0 unspecified atom stereocenters. The summed E-state index contributed by atoms with van der Waals surface area (Å²) >= 11 is 0. The number of anilines is 1. The number of carbonyl (C=O) groups excluding carboxylic acids is 1. The van der Waals surface area contributed by atoms with Crippen LogP contribution >= 0.6 is 0 Å². The van der Waals surface area contributed by atoms with E-state index in [9.17, 15) is 4.79 Å². The molecule has 0 aliphatic carbocycles. The van der Waals surface area contributed by atoms with Gasteiger partial charge in [0.1, 0.15) is 0 Å². The molecule has 0 aromatic heterocycles. The standard InChI is InChI=1S/C14H19NO2/c1-4-10-15(3)13-8-6-12(7-9-13)11-14(16)17-5-2/h4,6-9H,1,5,10-11H2,2-3H3. The molecule has 0 bridgehead atoms. The Morgan fingerprint density at radius 1 is 1.41 bits per heavy atom. The van der Waals surface area contributed by atoms with Crippen LogP contribution in [0.2, 0.25) is 0 Å². The molecule has 17 heavy (non-hydrogen) atoms. The van der Waals surface area contributed by atoms with Gasteiger partial charge in [0, 0.05) is 19.3 Å².